The van der Waals surface area contributed by atoms with Gasteiger partial charge in [-0.05, 0) is 51.1 Å². The first-order valence-corrected chi connectivity index (χ1v) is 7.95. The zero-order valence-corrected chi connectivity index (χ0v) is 15.0. The molecule has 132 valence electrons. The van der Waals surface area contributed by atoms with E-state index in [0.29, 0.717) is 19.0 Å². The Bertz CT molecular complexity index is 697. The third kappa shape index (κ3) is 3.95. The average molecular weight is 334 g/mol. The Hall–Kier alpha value is -1.89. The molecule has 0 radical (unpaired) electrons. The van der Waals surface area contributed by atoms with Crippen molar-refractivity contribution in [2.75, 3.05) is 27.3 Å². The van der Waals surface area contributed by atoms with Crippen molar-refractivity contribution in [3.8, 4) is 17.2 Å². The van der Waals surface area contributed by atoms with E-state index < -0.39 is 6.10 Å². The molecule has 0 fully saturated rings. The van der Waals surface area contributed by atoms with Crippen LogP contribution in [0.1, 0.15) is 22.6 Å². The molecule has 0 aliphatic heterocycles. The van der Waals surface area contributed by atoms with Gasteiger partial charge in [0.15, 0.2) is 0 Å². The molecule has 1 aromatic carbocycles. The number of aryl methyl sites for hydroxylation is 1. The molecule has 0 bridgehead atoms. The van der Waals surface area contributed by atoms with Crippen molar-refractivity contribution in [3.05, 3.63) is 34.7 Å². The van der Waals surface area contributed by atoms with Crippen LogP contribution in [0, 0.1) is 20.8 Å². The summed E-state index contributed by atoms with van der Waals surface area (Å²) in [4.78, 5) is 6.52. The third-order valence-electron chi connectivity index (χ3n) is 4.23. The second kappa shape index (κ2) is 7.79. The molecule has 0 amide bonds. The van der Waals surface area contributed by atoms with Crippen molar-refractivity contribution in [1.29, 1.82) is 0 Å². The van der Waals surface area contributed by atoms with Crippen molar-refractivity contribution in [2.45, 2.75) is 33.4 Å². The van der Waals surface area contributed by atoms with Gasteiger partial charge in [-0.3, -0.25) is 4.90 Å². The van der Waals surface area contributed by atoms with Gasteiger partial charge in [-0.25, -0.2) is 4.98 Å². The molecule has 1 unspecified atom stereocenters. The quantitative estimate of drug-likeness (QED) is 0.807. The summed E-state index contributed by atoms with van der Waals surface area (Å²) in [5, 5.41) is 18.5. The molecule has 0 saturated carbocycles. The van der Waals surface area contributed by atoms with Crippen molar-refractivity contribution in [3.63, 3.8) is 0 Å². The van der Waals surface area contributed by atoms with E-state index in [9.17, 15) is 5.11 Å². The molecule has 2 rings (SSSR count). The van der Waals surface area contributed by atoms with Gasteiger partial charge >= 0.3 is 0 Å². The van der Waals surface area contributed by atoms with Crippen LogP contribution in [0.5, 0.6) is 5.75 Å². The van der Waals surface area contributed by atoms with Crippen LogP contribution >= 0.6 is 0 Å². The van der Waals surface area contributed by atoms with E-state index in [2.05, 4.69) is 4.98 Å². The summed E-state index contributed by atoms with van der Waals surface area (Å²) in [5.41, 5.74) is 3.91. The van der Waals surface area contributed by atoms with Crippen LogP contribution in [0.4, 0.5) is 0 Å². The van der Waals surface area contributed by atoms with Gasteiger partial charge in [0, 0.05) is 18.7 Å². The molecule has 0 spiro atoms. The number of ether oxygens (including phenoxy) is 1. The summed E-state index contributed by atoms with van der Waals surface area (Å²) in [5.74, 6) is 2.18. The second-order valence-corrected chi connectivity index (χ2v) is 6.12. The smallest absolute Gasteiger partial charge is 0.226 e. The van der Waals surface area contributed by atoms with Crippen LogP contribution in [-0.2, 0) is 6.54 Å². The topological polar surface area (TPSA) is 79.0 Å². The van der Waals surface area contributed by atoms with Gasteiger partial charge in [-0.1, -0.05) is 0 Å². The molecule has 2 aromatic rings. The minimum Gasteiger partial charge on any atom is -0.496 e. The number of hydrogen-bond acceptors (Lipinski definition) is 6. The van der Waals surface area contributed by atoms with Gasteiger partial charge in [0.1, 0.15) is 11.5 Å². The first-order valence-electron chi connectivity index (χ1n) is 7.95. The number of hydrogen-bond donors (Lipinski definition) is 2. The zero-order chi connectivity index (χ0) is 17.9. The minimum atomic E-state index is -0.756. The summed E-state index contributed by atoms with van der Waals surface area (Å²) < 4.78 is 11.2. The number of nitrogens with zero attached hydrogens (tertiary/aromatic N) is 2. The van der Waals surface area contributed by atoms with Gasteiger partial charge in [-0.2, -0.15) is 0 Å². The number of benzene rings is 1. The summed E-state index contributed by atoms with van der Waals surface area (Å²) in [6.07, 6.45) is -0.756. The Balaban J connectivity index is 2.24. The maximum absolute atomic E-state index is 9.53. The lowest BCUT2D eigenvalue weighted by atomic mass is 10.0. The first kappa shape index (κ1) is 18.4. The highest BCUT2D eigenvalue weighted by Gasteiger charge is 2.17. The summed E-state index contributed by atoms with van der Waals surface area (Å²) in [6, 6.07) is 3.87. The Kier molecular flexibility index (Phi) is 5.99. The van der Waals surface area contributed by atoms with Crippen LogP contribution in [0.2, 0.25) is 0 Å². The number of aliphatic hydroxyl groups excluding tert-OH is 2. The second-order valence-electron chi connectivity index (χ2n) is 6.12. The first-order chi connectivity index (χ1) is 11.4. The van der Waals surface area contributed by atoms with E-state index in [0.717, 1.165) is 33.9 Å². The SMILES string of the molecule is COc1ccc(-c2nc(CN(C)CC(O)CO)c(C)o2)c(C)c1C. The zero-order valence-electron chi connectivity index (χ0n) is 15.0. The predicted octanol–water partition coefficient (Wildman–Crippen LogP) is 2.06. The van der Waals surface area contributed by atoms with Crippen molar-refractivity contribution >= 4 is 0 Å². The number of oxazole rings is 1. The summed E-state index contributed by atoms with van der Waals surface area (Å²) in [7, 11) is 3.53. The normalized spacial score (nSPS) is 12.7. The molecule has 1 heterocycles. The number of methoxy groups -OCH3 is 1. The monoisotopic (exact) mass is 334 g/mol. The number of rotatable bonds is 7. The molecule has 6 heteroatoms. The minimum absolute atomic E-state index is 0.252. The Morgan fingerprint density at radius 1 is 1.25 bits per heavy atom. The van der Waals surface area contributed by atoms with Crippen molar-refractivity contribution < 1.29 is 19.4 Å². The van der Waals surface area contributed by atoms with Crippen LogP contribution < -0.4 is 4.74 Å². The van der Waals surface area contributed by atoms with Crippen molar-refractivity contribution in [1.82, 2.24) is 9.88 Å². The van der Waals surface area contributed by atoms with E-state index in [4.69, 9.17) is 14.3 Å². The van der Waals surface area contributed by atoms with Gasteiger partial charge in [0.05, 0.1) is 25.5 Å². The fourth-order valence-corrected chi connectivity index (χ4v) is 2.68. The fourth-order valence-electron chi connectivity index (χ4n) is 2.68. The van der Waals surface area contributed by atoms with E-state index >= 15 is 0 Å². The van der Waals surface area contributed by atoms with E-state index in [1.54, 1.807) is 7.11 Å². The molecule has 0 aliphatic rings. The molecule has 2 N–H and O–H groups in total. The van der Waals surface area contributed by atoms with Crippen molar-refractivity contribution in [2.24, 2.45) is 0 Å². The lowest BCUT2D eigenvalue weighted by Crippen LogP contribution is -2.31. The molecule has 6 nitrogen and oxygen atoms in total. The largest absolute Gasteiger partial charge is 0.496 e. The summed E-state index contributed by atoms with van der Waals surface area (Å²) in [6.45, 7) is 6.58. The lowest BCUT2D eigenvalue weighted by Gasteiger charge is -2.18. The number of aliphatic hydroxyl groups is 2. The van der Waals surface area contributed by atoms with E-state index in [-0.39, 0.29) is 6.61 Å². The molecular weight excluding hydrogens is 308 g/mol. The highest BCUT2D eigenvalue weighted by atomic mass is 16.5. The average Bonchev–Trinajstić information content (AvgIpc) is 2.90. The number of likely N-dealkylation sites (N-methyl/N-ethyl adjacent to an activating group) is 1. The lowest BCUT2D eigenvalue weighted by molar-refractivity contribution is 0.0644. The Morgan fingerprint density at radius 2 is 1.96 bits per heavy atom. The maximum Gasteiger partial charge on any atom is 0.226 e. The fraction of sp³-hybridized carbons (Fsp3) is 0.500. The number of aromatic nitrogens is 1. The van der Waals surface area contributed by atoms with Crippen LogP contribution in [0.15, 0.2) is 16.5 Å². The molecule has 24 heavy (non-hydrogen) atoms. The van der Waals surface area contributed by atoms with Gasteiger partial charge in [-0.15, -0.1) is 0 Å². The van der Waals surface area contributed by atoms with Crippen LogP contribution in [0.25, 0.3) is 11.5 Å². The highest BCUT2D eigenvalue weighted by Crippen LogP contribution is 2.31. The van der Waals surface area contributed by atoms with Crippen LogP contribution in [0.3, 0.4) is 0 Å². The Labute approximate surface area is 142 Å². The standard InChI is InChI=1S/C18H26N2O4/c1-11-12(2)17(23-5)7-6-15(11)18-19-16(13(3)24-18)9-20(4)8-14(22)10-21/h6-7,14,21-22H,8-10H2,1-5H3. The molecule has 0 saturated heterocycles. The van der Waals surface area contributed by atoms with Crippen LogP contribution in [-0.4, -0.2) is 53.5 Å². The van der Waals surface area contributed by atoms with Gasteiger partial charge in [0.25, 0.3) is 0 Å². The van der Waals surface area contributed by atoms with E-state index in [1.807, 2.05) is 44.9 Å². The maximum atomic E-state index is 9.53. The molecule has 1 atom stereocenters. The summed E-state index contributed by atoms with van der Waals surface area (Å²) >= 11 is 0. The molecule has 1 aromatic heterocycles. The molecular formula is C18H26N2O4. The predicted molar refractivity (Wildman–Crippen MR) is 92.1 cm³/mol. The third-order valence-corrected chi connectivity index (χ3v) is 4.23. The molecule has 0 aliphatic carbocycles. The van der Waals surface area contributed by atoms with Gasteiger partial charge in [0.2, 0.25) is 5.89 Å². The Morgan fingerprint density at radius 3 is 2.58 bits per heavy atom. The van der Waals surface area contributed by atoms with E-state index in [1.165, 1.54) is 0 Å². The van der Waals surface area contributed by atoms with Gasteiger partial charge < -0.3 is 19.4 Å². The highest BCUT2D eigenvalue weighted by molar-refractivity contribution is 5.63.